The zero-order valence-corrected chi connectivity index (χ0v) is 20.6. The molecule has 2 saturated heterocycles. The summed E-state index contributed by atoms with van der Waals surface area (Å²) < 4.78 is 5.24. The van der Waals surface area contributed by atoms with Gasteiger partial charge in [0, 0.05) is 64.0 Å². The van der Waals surface area contributed by atoms with Crippen molar-refractivity contribution >= 4 is 16.7 Å². The quantitative estimate of drug-likeness (QED) is 0.550. The third-order valence-corrected chi connectivity index (χ3v) is 7.25. The highest BCUT2D eigenvalue weighted by Gasteiger charge is 2.21. The van der Waals surface area contributed by atoms with Crippen molar-refractivity contribution in [1.82, 2.24) is 20.4 Å². The fourth-order valence-corrected chi connectivity index (χ4v) is 5.20. The molecule has 1 amide bonds. The van der Waals surface area contributed by atoms with Crippen molar-refractivity contribution in [3.63, 3.8) is 0 Å². The Kier molecular flexibility index (Phi) is 7.62. The van der Waals surface area contributed by atoms with Gasteiger partial charge in [0.25, 0.3) is 5.91 Å². The molecule has 0 atom stereocenters. The predicted octanol–water partition coefficient (Wildman–Crippen LogP) is 3.65. The number of nitrogens with one attached hydrogen (secondary N) is 2. The monoisotopic (exact) mass is 472 g/mol. The molecule has 2 fully saturated rings. The van der Waals surface area contributed by atoms with Crippen LogP contribution in [0.5, 0.6) is 5.75 Å². The molecule has 0 bridgehead atoms. The first-order valence-electron chi connectivity index (χ1n) is 12.8. The van der Waals surface area contributed by atoms with Crippen LogP contribution in [0.3, 0.4) is 0 Å². The number of piperazine rings is 1. The molecule has 0 saturated carbocycles. The summed E-state index contributed by atoms with van der Waals surface area (Å²) in [5, 5.41) is 9.27. The van der Waals surface area contributed by atoms with E-state index < -0.39 is 0 Å². The van der Waals surface area contributed by atoms with E-state index in [-0.39, 0.29) is 11.9 Å². The molecule has 2 heterocycles. The minimum absolute atomic E-state index is 0.0199. The molecule has 3 aromatic carbocycles. The Morgan fingerprint density at radius 3 is 2.20 bits per heavy atom. The lowest BCUT2D eigenvalue weighted by Gasteiger charge is -2.32. The summed E-state index contributed by atoms with van der Waals surface area (Å²) in [5.41, 5.74) is 3.40. The van der Waals surface area contributed by atoms with Gasteiger partial charge in [-0.05, 0) is 65.1 Å². The highest BCUT2D eigenvalue weighted by molar-refractivity contribution is 5.94. The van der Waals surface area contributed by atoms with Gasteiger partial charge in [-0.2, -0.15) is 0 Å². The first kappa shape index (κ1) is 23.8. The summed E-state index contributed by atoms with van der Waals surface area (Å²) in [6, 6.07) is 21.3. The Balaban J connectivity index is 1.15. The van der Waals surface area contributed by atoms with Gasteiger partial charge in [0.1, 0.15) is 5.75 Å². The Morgan fingerprint density at radius 1 is 0.886 bits per heavy atom. The third kappa shape index (κ3) is 6.20. The van der Waals surface area contributed by atoms with Gasteiger partial charge in [-0.25, -0.2) is 0 Å². The highest BCUT2D eigenvalue weighted by Crippen LogP contribution is 2.22. The molecular weight excluding hydrogens is 436 g/mol. The predicted molar refractivity (Wildman–Crippen MR) is 141 cm³/mol. The molecule has 0 aliphatic carbocycles. The minimum atomic E-state index is -0.0199. The van der Waals surface area contributed by atoms with E-state index in [1.165, 1.54) is 21.9 Å². The van der Waals surface area contributed by atoms with Crippen LogP contribution in [0, 0.1) is 0 Å². The number of fused-ring (bicyclic) bond motifs is 1. The van der Waals surface area contributed by atoms with E-state index in [4.69, 9.17) is 4.74 Å². The maximum atomic E-state index is 12.6. The molecule has 2 N–H and O–H groups in total. The largest absolute Gasteiger partial charge is 0.497 e. The molecule has 184 valence electrons. The van der Waals surface area contributed by atoms with E-state index in [1.54, 1.807) is 13.2 Å². The number of benzene rings is 3. The standard InChI is InChI=1S/C29H36N4O2/c1-35-28-4-2-3-25(19-28)29(34)31-27-9-13-32(14-10-27)20-22-5-7-24-8-6-23(18-26(24)17-22)21-33-15-11-30-12-16-33/h2-8,17-19,27,30H,9-16,20-21H2,1H3,(H,31,34). The number of ether oxygens (including phenoxy) is 1. The molecular formula is C29H36N4O2. The summed E-state index contributed by atoms with van der Waals surface area (Å²) in [4.78, 5) is 17.7. The second kappa shape index (κ2) is 11.2. The van der Waals surface area contributed by atoms with E-state index in [9.17, 15) is 4.79 Å². The number of carbonyl (C=O) groups is 1. The van der Waals surface area contributed by atoms with Gasteiger partial charge in [-0.15, -0.1) is 0 Å². The molecule has 3 aromatic rings. The van der Waals surface area contributed by atoms with Crippen molar-refractivity contribution in [1.29, 1.82) is 0 Å². The van der Waals surface area contributed by atoms with Gasteiger partial charge < -0.3 is 15.4 Å². The molecule has 35 heavy (non-hydrogen) atoms. The maximum absolute atomic E-state index is 12.6. The summed E-state index contributed by atoms with van der Waals surface area (Å²) in [7, 11) is 1.62. The summed E-state index contributed by atoms with van der Waals surface area (Å²) in [6.07, 6.45) is 1.94. The fourth-order valence-electron chi connectivity index (χ4n) is 5.20. The topological polar surface area (TPSA) is 56.8 Å². The molecule has 0 aromatic heterocycles. The van der Waals surface area contributed by atoms with Crippen LogP contribution in [0.1, 0.15) is 34.3 Å². The molecule has 6 nitrogen and oxygen atoms in total. The average Bonchev–Trinajstić information content (AvgIpc) is 2.90. The Hall–Kier alpha value is -2.93. The summed E-state index contributed by atoms with van der Waals surface area (Å²) >= 11 is 0. The van der Waals surface area contributed by atoms with E-state index >= 15 is 0 Å². The van der Waals surface area contributed by atoms with Crippen molar-refractivity contribution in [3.8, 4) is 5.75 Å². The van der Waals surface area contributed by atoms with Gasteiger partial charge in [0.15, 0.2) is 0 Å². The van der Waals surface area contributed by atoms with Gasteiger partial charge in [-0.3, -0.25) is 14.6 Å². The number of hydrogen-bond acceptors (Lipinski definition) is 5. The van der Waals surface area contributed by atoms with Crippen LogP contribution in [0.2, 0.25) is 0 Å². The lowest BCUT2D eigenvalue weighted by molar-refractivity contribution is 0.0908. The summed E-state index contributed by atoms with van der Waals surface area (Å²) in [5.74, 6) is 0.687. The van der Waals surface area contributed by atoms with Crippen LogP contribution in [0.25, 0.3) is 10.8 Å². The minimum Gasteiger partial charge on any atom is -0.497 e. The lowest BCUT2D eigenvalue weighted by atomic mass is 10.0. The van der Waals surface area contributed by atoms with E-state index in [0.717, 1.165) is 65.2 Å². The van der Waals surface area contributed by atoms with Crippen molar-refractivity contribution in [3.05, 3.63) is 77.4 Å². The van der Waals surface area contributed by atoms with Crippen molar-refractivity contribution in [2.45, 2.75) is 32.0 Å². The normalized spacial score (nSPS) is 18.0. The average molecular weight is 473 g/mol. The lowest BCUT2D eigenvalue weighted by Crippen LogP contribution is -2.44. The number of carbonyl (C=O) groups excluding carboxylic acids is 1. The van der Waals surface area contributed by atoms with Gasteiger partial charge in [0.2, 0.25) is 0 Å². The number of hydrogen-bond donors (Lipinski definition) is 2. The van der Waals surface area contributed by atoms with Crippen LogP contribution >= 0.6 is 0 Å². The number of rotatable bonds is 7. The van der Waals surface area contributed by atoms with Gasteiger partial charge in [0.05, 0.1) is 7.11 Å². The Labute approximate surface area is 208 Å². The van der Waals surface area contributed by atoms with Crippen molar-refractivity contribution in [2.75, 3.05) is 46.4 Å². The zero-order chi connectivity index (χ0) is 24.0. The maximum Gasteiger partial charge on any atom is 0.251 e. The van der Waals surface area contributed by atoms with Crippen LogP contribution in [0.15, 0.2) is 60.7 Å². The van der Waals surface area contributed by atoms with Gasteiger partial charge >= 0.3 is 0 Å². The fraction of sp³-hybridized carbons (Fsp3) is 0.414. The first-order valence-corrected chi connectivity index (χ1v) is 12.8. The highest BCUT2D eigenvalue weighted by atomic mass is 16.5. The van der Waals surface area contributed by atoms with E-state index in [1.807, 2.05) is 18.2 Å². The van der Waals surface area contributed by atoms with E-state index in [2.05, 4.69) is 56.8 Å². The van der Waals surface area contributed by atoms with Crippen molar-refractivity contribution < 1.29 is 9.53 Å². The molecule has 0 spiro atoms. The van der Waals surface area contributed by atoms with E-state index in [0.29, 0.717) is 11.3 Å². The number of likely N-dealkylation sites (tertiary alicyclic amines) is 1. The van der Waals surface area contributed by atoms with Crippen molar-refractivity contribution in [2.24, 2.45) is 0 Å². The number of nitrogens with zero attached hydrogens (tertiary/aromatic N) is 2. The molecule has 0 radical (unpaired) electrons. The Bertz CT molecular complexity index is 1150. The second-order valence-corrected chi connectivity index (χ2v) is 9.80. The first-order chi connectivity index (χ1) is 17.2. The zero-order valence-electron chi connectivity index (χ0n) is 20.6. The van der Waals surface area contributed by atoms with Crippen LogP contribution < -0.4 is 15.4 Å². The third-order valence-electron chi connectivity index (χ3n) is 7.25. The number of piperidine rings is 1. The van der Waals surface area contributed by atoms with Crippen LogP contribution in [-0.2, 0) is 13.1 Å². The Morgan fingerprint density at radius 2 is 1.54 bits per heavy atom. The second-order valence-electron chi connectivity index (χ2n) is 9.80. The molecule has 0 unspecified atom stereocenters. The number of methoxy groups -OCH3 is 1. The van der Waals surface area contributed by atoms with Gasteiger partial charge in [-0.1, -0.05) is 30.3 Å². The molecule has 5 rings (SSSR count). The molecule has 2 aliphatic heterocycles. The number of amides is 1. The van der Waals surface area contributed by atoms with Crippen LogP contribution in [-0.4, -0.2) is 68.1 Å². The molecule has 6 heteroatoms. The SMILES string of the molecule is COc1cccc(C(=O)NC2CCN(Cc3ccc4ccc(CN5CCNCC5)cc4c3)CC2)c1. The summed E-state index contributed by atoms with van der Waals surface area (Å²) in [6.45, 7) is 8.36. The smallest absolute Gasteiger partial charge is 0.251 e. The van der Waals surface area contributed by atoms with Crippen LogP contribution in [0.4, 0.5) is 0 Å². The molecule has 2 aliphatic rings.